The van der Waals surface area contributed by atoms with Gasteiger partial charge in [0, 0.05) is 12.7 Å². The van der Waals surface area contributed by atoms with Crippen LogP contribution in [0.3, 0.4) is 0 Å². The van der Waals surface area contributed by atoms with Gasteiger partial charge in [-0.2, -0.15) is 0 Å². The molecule has 0 bridgehead atoms. The van der Waals surface area contributed by atoms with Crippen LogP contribution in [0, 0.1) is 5.92 Å². The van der Waals surface area contributed by atoms with E-state index in [0.29, 0.717) is 6.54 Å². The molecule has 2 atom stereocenters. The second-order valence-electron chi connectivity index (χ2n) is 8.24. The van der Waals surface area contributed by atoms with Gasteiger partial charge >= 0.3 is 6.03 Å². The number of pyridine rings is 1. The van der Waals surface area contributed by atoms with Crippen molar-refractivity contribution in [2.45, 2.75) is 44.8 Å². The molecule has 0 radical (unpaired) electrons. The lowest BCUT2D eigenvalue weighted by atomic mass is 9.96. The van der Waals surface area contributed by atoms with Crippen molar-refractivity contribution in [1.82, 2.24) is 20.1 Å². The van der Waals surface area contributed by atoms with Gasteiger partial charge in [0.05, 0.1) is 11.7 Å². The Morgan fingerprint density at radius 2 is 1.90 bits per heavy atom. The summed E-state index contributed by atoms with van der Waals surface area (Å²) in [6, 6.07) is 14.4. The highest BCUT2D eigenvalue weighted by Crippen LogP contribution is 2.42. The molecule has 7 nitrogen and oxygen atoms in total. The van der Waals surface area contributed by atoms with Crippen LogP contribution in [0.4, 0.5) is 4.79 Å². The van der Waals surface area contributed by atoms with Gasteiger partial charge in [-0.25, -0.2) is 4.79 Å². The fourth-order valence-electron chi connectivity index (χ4n) is 4.03. The smallest absolute Gasteiger partial charge is 0.325 e. The largest absolute Gasteiger partial charge is 0.328 e. The molecule has 1 aromatic heterocycles. The first-order valence-electron chi connectivity index (χ1n) is 10.3. The van der Waals surface area contributed by atoms with Gasteiger partial charge < -0.3 is 10.2 Å². The maximum atomic E-state index is 13.3. The van der Waals surface area contributed by atoms with Crippen LogP contribution in [0.25, 0.3) is 0 Å². The first-order valence-corrected chi connectivity index (χ1v) is 10.3. The molecule has 1 aliphatic carbocycles. The Bertz CT molecular complexity index is 945. The molecule has 1 aliphatic heterocycles. The first kappa shape index (κ1) is 20.1. The third-order valence-electron chi connectivity index (χ3n) is 6.09. The van der Waals surface area contributed by atoms with Gasteiger partial charge in [0.2, 0.25) is 5.91 Å². The van der Waals surface area contributed by atoms with Gasteiger partial charge in [-0.05, 0) is 50.3 Å². The SMILES string of the molecule is CC(c1ccccn1)N(Cc1ccccc1)C(=O)CN1C(=O)NC(C)(C2CC2)C1=O. The Balaban J connectivity index is 1.56. The van der Waals surface area contributed by atoms with Crippen molar-refractivity contribution >= 4 is 17.8 Å². The molecule has 2 aromatic rings. The highest BCUT2D eigenvalue weighted by Gasteiger charge is 2.56. The van der Waals surface area contributed by atoms with E-state index < -0.39 is 11.6 Å². The van der Waals surface area contributed by atoms with E-state index in [1.165, 1.54) is 0 Å². The van der Waals surface area contributed by atoms with Crippen molar-refractivity contribution < 1.29 is 14.4 Å². The third-order valence-corrected chi connectivity index (χ3v) is 6.09. The highest BCUT2D eigenvalue weighted by atomic mass is 16.2. The summed E-state index contributed by atoms with van der Waals surface area (Å²) in [5, 5.41) is 2.80. The number of urea groups is 1. The summed E-state index contributed by atoms with van der Waals surface area (Å²) < 4.78 is 0. The molecule has 7 heteroatoms. The third kappa shape index (κ3) is 3.79. The minimum atomic E-state index is -0.895. The van der Waals surface area contributed by atoms with E-state index in [2.05, 4.69) is 10.3 Å². The van der Waals surface area contributed by atoms with Crippen LogP contribution in [-0.4, -0.2) is 44.7 Å². The number of hydrogen-bond donors (Lipinski definition) is 1. The Hall–Kier alpha value is -3.22. The van der Waals surface area contributed by atoms with Gasteiger partial charge in [0.25, 0.3) is 5.91 Å². The summed E-state index contributed by atoms with van der Waals surface area (Å²) in [5.74, 6) is -0.448. The van der Waals surface area contributed by atoms with Crippen LogP contribution >= 0.6 is 0 Å². The molecule has 4 rings (SSSR count). The lowest BCUT2D eigenvalue weighted by Gasteiger charge is -2.30. The second-order valence-corrected chi connectivity index (χ2v) is 8.24. The van der Waals surface area contributed by atoms with Crippen LogP contribution in [-0.2, 0) is 16.1 Å². The number of amides is 4. The normalized spacial score (nSPS) is 22.0. The van der Waals surface area contributed by atoms with Crippen LogP contribution in [0.15, 0.2) is 54.7 Å². The average Bonchev–Trinajstić information content (AvgIpc) is 3.59. The van der Waals surface area contributed by atoms with Crippen molar-refractivity contribution in [3.8, 4) is 0 Å². The Morgan fingerprint density at radius 1 is 1.20 bits per heavy atom. The predicted molar refractivity (Wildman–Crippen MR) is 111 cm³/mol. The average molecular weight is 406 g/mol. The minimum absolute atomic E-state index is 0.155. The monoisotopic (exact) mass is 406 g/mol. The molecule has 2 heterocycles. The molecule has 1 saturated carbocycles. The predicted octanol–water partition coefficient (Wildman–Crippen LogP) is 2.89. The van der Waals surface area contributed by atoms with Gasteiger partial charge in [-0.3, -0.25) is 19.5 Å². The van der Waals surface area contributed by atoms with E-state index in [9.17, 15) is 14.4 Å². The zero-order chi connectivity index (χ0) is 21.3. The number of imide groups is 1. The van der Waals surface area contributed by atoms with Gasteiger partial charge in [0.1, 0.15) is 12.1 Å². The highest BCUT2D eigenvalue weighted by molar-refractivity contribution is 6.09. The summed E-state index contributed by atoms with van der Waals surface area (Å²) in [7, 11) is 0. The fraction of sp³-hybridized carbons (Fsp3) is 0.391. The Kier molecular flexibility index (Phi) is 5.28. The molecular formula is C23H26N4O3. The molecule has 1 aromatic carbocycles. The Morgan fingerprint density at radius 3 is 2.53 bits per heavy atom. The topological polar surface area (TPSA) is 82.6 Å². The maximum Gasteiger partial charge on any atom is 0.325 e. The standard InChI is InChI=1S/C23H26N4O3/c1-16(19-10-6-7-13-24-19)26(14-17-8-4-3-5-9-17)20(28)15-27-21(29)23(2,18-11-12-18)25-22(27)30/h3-10,13,16,18H,11-12,14-15H2,1-2H3,(H,25,30). The summed E-state index contributed by atoms with van der Waals surface area (Å²) in [6.07, 6.45) is 3.53. The Labute approximate surface area is 176 Å². The number of nitrogens with zero attached hydrogens (tertiary/aromatic N) is 3. The van der Waals surface area contributed by atoms with Crippen molar-refractivity contribution in [3.05, 3.63) is 66.0 Å². The lowest BCUT2D eigenvalue weighted by molar-refractivity contribution is -0.140. The lowest BCUT2D eigenvalue weighted by Crippen LogP contribution is -2.47. The molecule has 2 fully saturated rings. The number of aromatic nitrogens is 1. The number of carbonyl (C=O) groups excluding carboxylic acids is 3. The first-order chi connectivity index (χ1) is 14.4. The molecule has 4 amide bonds. The van der Waals surface area contributed by atoms with Crippen molar-refractivity contribution in [2.24, 2.45) is 5.92 Å². The second kappa shape index (κ2) is 7.89. The van der Waals surface area contributed by atoms with Crippen LogP contribution in [0.2, 0.25) is 0 Å². The quantitative estimate of drug-likeness (QED) is 0.717. The van der Waals surface area contributed by atoms with Gasteiger partial charge in [-0.1, -0.05) is 36.4 Å². The minimum Gasteiger partial charge on any atom is -0.328 e. The van der Waals surface area contributed by atoms with E-state index >= 15 is 0 Å². The molecule has 156 valence electrons. The molecule has 2 aliphatic rings. The summed E-state index contributed by atoms with van der Waals surface area (Å²) >= 11 is 0. The van der Waals surface area contributed by atoms with E-state index in [0.717, 1.165) is 29.0 Å². The molecule has 2 unspecified atom stereocenters. The molecule has 30 heavy (non-hydrogen) atoms. The van der Waals surface area contributed by atoms with Crippen LogP contribution in [0.1, 0.15) is 44.0 Å². The van der Waals surface area contributed by atoms with Crippen molar-refractivity contribution in [2.75, 3.05) is 6.54 Å². The number of benzene rings is 1. The fourth-order valence-corrected chi connectivity index (χ4v) is 4.03. The molecule has 0 spiro atoms. The number of carbonyl (C=O) groups is 3. The van der Waals surface area contributed by atoms with Crippen LogP contribution in [0.5, 0.6) is 0 Å². The number of hydrogen-bond acceptors (Lipinski definition) is 4. The van der Waals surface area contributed by atoms with Gasteiger partial charge in [-0.15, -0.1) is 0 Å². The number of rotatable bonds is 7. The van der Waals surface area contributed by atoms with Gasteiger partial charge in [0.15, 0.2) is 0 Å². The van der Waals surface area contributed by atoms with E-state index in [1.807, 2.05) is 55.5 Å². The summed E-state index contributed by atoms with van der Waals surface area (Å²) in [4.78, 5) is 45.9. The molecule has 1 saturated heterocycles. The van der Waals surface area contributed by atoms with E-state index in [1.54, 1.807) is 18.0 Å². The molecule has 1 N–H and O–H groups in total. The summed E-state index contributed by atoms with van der Waals surface area (Å²) in [6.45, 7) is 3.74. The zero-order valence-electron chi connectivity index (χ0n) is 17.2. The van der Waals surface area contributed by atoms with Crippen LogP contribution < -0.4 is 5.32 Å². The van der Waals surface area contributed by atoms with Crippen molar-refractivity contribution in [3.63, 3.8) is 0 Å². The van der Waals surface area contributed by atoms with E-state index in [-0.39, 0.29) is 30.3 Å². The van der Waals surface area contributed by atoms with Crippen molar-refractivity contribution in [1.29, 1.82) is 0 Å². The molecular weight excluding hydrogens is 380 g/mol. The van der Waals surface area contributed by atoms with E-state index in [4.69, 9.17) is 0 Å². The zero-order valence-corrected chi connectivity index (χ0v) is 17.2. The summed E-state index contributed by atoms with van der Waals surface area (Å²) in [5.41, 5.74) is 0.823. The number of nitrogens with one attached hydrogen (secondary N) is 1. The maximum absolute atomic E-state index is 13.3.